The first-order chi connectivity index (χ1) is 10.00. The van der Waals surface area contributed by atoms with Gasteiger partial charge in [0.15, 0.2) is 0 Å². The van der Waals surface area contributed by atoms with E-state index in [0.29, 0.717) is 12.0 Å². The van der Waals surface area contributed by atoms with Crippen LogP contribution in [0, 0.1) is 11.7 Å². The Morgan fingerprint density at radius 1 is 1.38 bits per heavy atom. The Labute approximate surface area is 128 Å². The third-order valence-corrected chi connectivity index (χ3v) is 4.30. The first kappa shape index (κ1) is 16.4. The third kappa shape index (κ3) is 5.08. The Kier molecular flexibility index (Phi) is 5.77. The van der Waals surface area contributed by atoms with Crippen LogP contribution in [0.15, 0.2) is 24.3 Å². The zero-order valence-corrected chi connectivity index (χ0v) is 13.5. The predicted octanol–water partition coefficient (Wildman–Crippen LogP) is 3.94. The summed E-state index contributed by atoms with van der Waals surface area (Å²) in [6.07, 6.45) is 4.33. The number of halogens is 1. The van der Waals surface area contributed by atoms with Crippen LogP contribution in [0.1, 0.15) is 45.6 Å². The molecule has 1 aromatic carbocycles. The molecule has 0 bridgehead atoms. The third-order valence-electron chi connectivity index (χ3n) is 4.30. The SMILES string of the molecule is CCNCC(Cc1ccccc1F)CC1CCC(C)(C)O1. The maximum absolute atomic E-state index is 13.9. The molecule has 1 aliphatic rings. The van der Waals surface area contributed by atoms with Crippen LogP contribution in [0.5, 0.6) is 0 Å². The molecule has 1 aliphatic heterocycles. The van der Waals surface area contributed by atoms with E-state index in [2.05, 4.69) is 26.1 Å². The lowest BCUT2D eigenvalue weighted by Gasteiger charge is -2.24. The molecule has 0 spiro atoms. The number of hydrogen-bond donors (Lipinski definition) is 1. The maximum atomic E-state index is 13.9. The normalized spacial score (nSPS) is 22.4. The molecular weight excluding hydrogens is 265 g/mol. The second kappa shape index (κ2) is 7.37. The van der Waals surface area contributed by atoms with E-state index in [1.807, 2.05) is 12.1 Å². The summed E-state index contributed by atoms with van der Waals surface area (Å²) in [4.78, 5) is 0. The van der Waals surface area contributed by atoms with Crippen LogP contribution in [-0.2, 0) is 11.2 Å². The molecule has 0 saturated carbocycles. The van der Waals surface area contributed by atoms with Gasteiger partial charge in [0.25, 0.3) is 0 Å². The largest absolute Gasteiger partial charge is 0.372 e. The highest BCUT2D eigenvalue weighted by Crippen LogP contribution is 2.33. The van der Waals surface area contributed by atoms with Crippen molar-refractivity contribution in [2.24, 2.45) is 5.92 Å². The molecular formula is C18H28FNO. The molecule has 118 valence electrons. The molecule has 2 unspecified atom stereocenters. The van der Waals surface area contributed by atoms with Crippen LogP contribution in [0.3, 0.4) is 0 Å². The molecule has 3 heteroatoms. The fourth-order valence-electron chi connectivity index (χ4n) is 3.18. The molecule has 0 aromatic heterocycles. The summed E-state index contributed by atoms with van der Waals surface area (Å²) in [7, 11) is 0. The minimum atomic E-state index is -0.0910. The van der Waals surface area contributed by atoms with Crippen LogP contribution in [0.2, 0.25) is 0 Å². The van der Waals surface area contributed by atoms with E-state index in [0.717, 1.165) is 44.3 Å². The summed E-state index contributed by atoms with van der Waals surface area (Å²) >= 11 is 0. The Morgan fingerprint density at radius 3 is 2.76 bits per heavy atom. The summed E-state index contributed by atoms with van der Waals surface area (Å²) < 4.78 is 20.0. The highest BCUT2D eigenvalue weighted by atomic mass is 19.1. The van der Waals surface area contributed by atoms with Gasteiger partial charge in [0.1, 0.15) is 5.82 Å². The van der Waals surface area contributed by atoms with Crippen LogP contribution >= 0.6 is 0 Å². The molecule has 1 aromatic rings. The molecule has 1 heterocycles. The molecule has 2 rings (SSSR count). The van der Waals surface area contributed by atoms with Gasteiger partial charge in [-0.05, 0) is 70.2 Å². The van der Waals surface area contributed by atoms with Crippen molar-refractivity contribution in [3.05, 3.63) is 35.6 Å². The fourth-order valence-corrected chi connectivity index (χ4v) is 3.18. The second-order valence-corrected chi connectivity index (χ2v) is 6.74. The van der Waals surface area contributed by atoms with Crippen molar-refractivity contribution in [3.63, 3.8) is 0 Å². The van der Waals surface area contributed by atoms with E-state index in [-0.39, 0.29) is 11.4 Å². The summed E-state index contributed by atoms with van der Waals surface area (Å²) in [5, 5.41) is 3.40. The standard InChI is InChI=1S/C18H28FNO/c1-4-20-13-14(11-15-7-5-6-8-17(15)19)12-16-9-10-18(2,3)21-16/h5-8,14,16,20H,4,9-13H2,1-3H3. The lowest BCUT2D eigenvalue weighted by molar-refractivity contribution is -0.0244. The molecule has 1 saturated heterocycles. The van der Waals surface area contributed by atoms with E-state index in [1.54, 1.807) is 12.1 Å². The topological polar surface area (TPSA) is 21.3 Å². The van der Waals surface area contributed by atoms with Crippen LogP contribution in [0.25, 0.3) is 0 Å². The number of benzene rings is 1. The molecule has 0 aliphatic carbocycles. The first-order valence-electron chi connectivity index (χ1n) is 8.12. The van der Waals surface area contributed by atoms with Gasteiger partial charge >= 0.3 is 0 Å². The molecule has 1 fully saturated rings. The zero-order chi connectivity index (χ0) is 15.3. The maximum Gasteiger partial charge on any atom is 0.126 e. The van der Waals surface area contributed by atoms with E-state index in [4.69, 9.17) is 4.74 Å². The quantitative estimate of drug-likeness (QED) is 0.822. The zero-order valence-electron chi connectivity index (χ0n) is 13.5. The van der Waals surface area contributed by atoms with Crippen molar-refractivity contribution in [1.29, 1.82) is 0 Å². The van der Waals surface area contributed by atoms with E-state index in [1.165, 1.54) is 0 Å². The van der Waals surface area contributed by atoms with Crippen molar-refractivity contribution >= 4 is 0 Å². The van der Waals surface area contributed by atoms with Crippen molar-refractivity contribution in [1.82, 2.24) is 5.32 Å². The minimum absolute atomic E-state index is 0.00536. The van der Waals surface area contributed by atoms with Crippen molar-refractivity contribution in [3.8, 4) is 0 Å². The number of nitrogens with one attached hydrogen (secondary N) is 1. The fraction of sp³-hybridized carbons (Fsp3) is 0.667. The van der Waals surface area contributed by atoms with Gasteiger partial charge < -0.3 is 10.1 Å². The summed E-state index contributed by atoms with van der Waals surface area (Å²) in [5.41, 5.74) is 0.823. The summed E-state index contributed by atoms with van der Waals surface area (Å²) in [6.45, 7) is 8.29. The Morgan fingerprint density at radius 2 is 2.14 bits per heavy atom. The average Bonchev–Trinajstić information content (AvgIpc) is 2.77. The van der Waals surface area contributed by atoms with Crippen LogP contribution in [0.4, 0.5) is 4.39 Å². The molecule has 21 heavy (non-hydrogen) atoms. The van der Waals surface area contributed by atoms with Gasteiger partial charge in [0.2, 0.25) is 0 Å². The van der Waals surface area contributed by atoms with Crippen molar-refractivity contribution in [2.45, 2.75) is 58.2 Å². The second-order valence-electron chi connectivity index (χ2n) is 6.74. The smallest absolute Gasteiger partial charge is 0.126 e. The Bertz CT molecular complexity index is 447. The van der Waals surface area contributed by atoms with Gasteiger partial charge in [-0.2, -0.15) is 0 Å². The Hall–Kier alpha value is -0.930. The van der Waals surface area contributed by atoms with Crippen LogP contribution < -0.4 is 5.32 Å². The van der Waals surface area contributed by atoms with E-state index < -0.39 is 0 Å². The predicted molar refractivity (Wildman–Crippen MR) is 84.9 cm³/mol. The number of hydrogen-bond acceptors (Lipinski definition) is 2. The molecule has 2 atom stereocenters. The van der Waals surface area contributed by atoms with E-state index >= 15 is 0 Å². The molecule has 1 N–H and O–H groups in total. The number of ether oxygens (including phenoxy) is 1. The lowest BCUT2D eigenvalue weighted by Crippen LogP contribution is -2.28. The van der Waals surface area contributed by atoms with Gasteiger partial charge in [-0.1, -0.05) is 25.1 Å². The van der Waals surface area contributed by atoms with Gasteiger partial charge in [0, 0.05) is 0 Å². The highest BCUT2D eigenvalue weighted by Gasteiger charge is 2.32. The monoisotopic (exact) mass is 293 g/mol. The average molecular weight is 293 g/mol. The van der Waals surface area contributed by atoms with Gasteiger partial charge in [0.05, 0.1) is 11.7 Å². The first-order valence-corrected chi connectivity index (χ1v) is 8.12. The van der Waals surface area contributed by atoms with Gasteiger partial charge in [-0.25, -0.2) is 4.39 Å². The van der Waals surface area contributed by atoms with Crippen molar-refractivity contribution in [2.75, 3.05) is 13.1 Å². The highest BCUT2D eigenvalue weighted by molar-refractivity contribution is 5.18. The summed E-state index contributed by atoms with van der Waals surface area (Å²) in [6, 6.07) is 7.11. The molecule has 0 radical (unpaired) electrons. The summed E-state index contributed by atoms with van der Waals surface area (Å²) in [5.74, 6) is 0.326. The van der Waals surface area contributed by atoms with E-state index in [9.17, 15) is 4.39 Å². The molecule has 0 amide bonds. The molecule has 2 nitrogen and oxygen atoms in total. The van der Waals surface area contributed by atoms with Gasteiger partial charge in [-0.15, -0.1) is 0 Å². The van der Waals surface area contributed by atoms with Crippen molar-refractivity contribution < 1.29 is 9.13 Å². The Balaban J connectivity index is 1.96. The lowest BCUT2D eigenvalue weighted by atomic mass is 9.92. The minimum Gasteiger partial charge on any atom is -0.372 e. The van der Waals surface area contributed by atoms with Crippen LogP contribution in [-0.4, -0.2) is 24.8 Å². The number of rotatable bonds is 7. The van der Waals surface area contributed by atoms with Gasteiger partial charge in [-0.3, -0.25) is 0 Å².